The number of piperidine rings is 1. The molecule has 3 heterocycles. The highest BCUT2D eigenvalue weighted by atomic mass is 35.5. The van der Waals surface area contributed by atoms with Crippen LogP contribution >= 0.6 is 11.6 Å². The van der Waals surface area contributed by atoms with Gasteiger partial charge in [0.2, 0.25) is 5.91 Å². The van der Waals surface area contributed by atoms with Gasteiger partial charge in [0.15, 0.2) is 0 Å². The van der Waals surface area contributed by atoms with E-state index in [-0.39, 0.29) is 29.8 Å². The number of aryl methyl sites for hydroxylation is 1. The number of likely N-dealkylation sites (tertiary alicyclic amines) is 1. The molecule has 0 N–H and O–H groups in total. The minimum absolute atomic E-state index is 0.0257. The molecule has 36 heavy (non-hydrogen) atoms. The van der Waals surface area contributed by atoms with Crippen LogP contribution in [-0.4, -0.2) is 56.3 Å². The third-order valence-corrected chi connectivity index (χ3v) is 7.34. The summed E-state index contributed by atoms with van der Waals surface area (Å²) in [5.74, 6) is -0.0194. The second-order valence-electron chi connectivity index (χ2n) is 11.1. The van der Waals surface area contributed by atoms with E-state index in [0.29, 0.717) is 43.2 Å². The van der Waals surface area contributed by atoms with Crippen molar-refractivity contribution < 1.29 is 18.7 Å². The zero-order valence-corrected chi connectivity index (χ0v) is 22.6. The average molecular weight is 519 g/mol. The van der Waals surface area contributed by atoms with Gasteiger partial charge in [-0.1, -0.05) is 17.7 Å². The maximum atomic E-state index is 14.4. The van der Waals surface area contributed by atoms with E-state index in [4.69, 9.17) is 16.3 Å². The fraction of sp³-hybridized carbons (Fsp3) is 0.593. The van der Waals surface area contributed by atoms with E-state index < -0.39 is 5.60 Å². The predicted molar refractivity (Wildman–Crippen MR) is 136 cm³/mol. The Hall–Kier alpha value is -2.61. The molecule has 2 aliphatic heterocycles. The lowest BCUT2D eigenvalue weighted by Gasteiger charge is -2.39. The van der Waals surface area contributed by atoms with Crippen molar-refractivity contribution in [2.24, 2.45) is 5.92 Å². The molecular weight excluding hydrogens is 483 g/mol. The lowest BCUT2D eigenvalue weighted by atomic mass is 9.88. The number of nitrogens with zero attached hydrogens (tertiary/aromatic N) is 4. The van der Waals surface area contributed by atoms with Crippen LogP contribution in [0.2, 0.25) is 5.02 Å². The van der Waals surface area contributed by atoms with E-state index in [2.05, 4.69) is 5.10 Å². The van der Waals surface area contributed by atoms with Gasteiger partial charge in [0.05, 0.1) is 24.5 Å². The summed E-state index contributed by atoms with van der Waals surface area (Å²) >= 11 is 5.90. The summed E-state index contributed by atoms with van der Waals surface area (Å²) in [6, 6.07) is 4.69. The van der Waals surface area contributed by atoms with E-state index in [1.165, 1.54) is 6.07 Å². The second kappa shape index (κ2) is 10.4. The topological polar surface area (TPSA) is 67.7 Å². The molecule has 4 rings (SSSR count). The second-order valence-corrected chi connectivity index (χ2v) is 11.5. The molecule has 0 saturated carbocycles. The van der Waals surface area contributed by atoms with Crippen molar-refractivity contribution in [3.63, 3.8) is 0 Å². The maximum absolute atomic E-state index is 14.4. The van der Waals surface area contributed by atoms with Gasteiger partial charge in [0.25, 0.3) is 0 Å². The van der Waals surface area contributed by atoms with Crippen LogP contribution in [0.1, 0.15) is 69.5 Å². The quantitative estimate of drug-likeness (QED) is 0.547. The average Bonchev–Trinajstić information content (AvgIpc) is 3.09. The summed E-state index contributed by atoms with van der Waals surface area (Å²) < 4.78 is 21.8. The van der Waals surface area contributed by atoms with Crippen molar-refractivity contribution in [3.8, 4) is 0 Å². The van der Waals surface area contributed by atoms with Crippen molar-refractivity contribution >= 4 is 23.6 Å². The molecule has 9 heteroatoms. The molecule has 2 amide bonds. The summed E-state index contributed by atoms with van der Waals surface area (Å²) in [5.41, 5.74) is 3.02. The first-order valence-electron chi connectivity index (χ1n) is 12.7. The van der Waals surface area contributed by atoms with Gasteiger partial charge < -0.3 is 14.5 Å². The zero-order valence-electron chi connectivity index (χ0n) is 21.8. The minimum Gasteiger partial charge on any atom is -0.444 e. The first-order valence-corrected chi connectivity index (χ1v) is 13.1. The Bertz CT molecular complexity index is 1140. The molecule has 0 aliphatic carbocycles. The number of fused-ring (bicyclic) bond motifs is 1. The number of ether oxygens (including phenoxy) is 1. The first kappa shape index (κ1) is 26.5. The van der Waals surface area contributed by atoms with Crippen LogP contribution in [0, 0.1) is 18.7 Å². The van der Waals surface area contributed by atoms with Gasteiger partial charge >= 0.3 is 6.09 Å². The number of amides is 2. The Kier molecular flexibility index (Phi) is 7.64. The van der Waals surface area contributed by atoms with Crippen molar-refractivity contribution in [1.29, 1.82) is 0 Å². The van der Waals surface area contributed by atoms with Crippen LogP contribution in [0.15, 0.2) is 18.2 Å². The first-order chi connectivity index (χ1) is 16.9. The van der Waals surface area contributed by atoms with E-state index in [9.17, 15) is 14.0 Å². The SMILES string of the molecule is Cc1nn(Cc2ccc(Cl)cc2F)c2c1CCN(C(=O)CC1CCN(C(=O)OC(C)(C)C)C(C)C1)C2. The number of hydrogen-bond acceptors (Lipinski definition) is 4. The van der Waals surface area contributed by atoms with Gasteiger partial charge in [-0.25, -0.2) is 9.18 Å². The predicted octanol–water partition coefficient (Wildman–Crippen LogP) is 5.34. The molecule has 2 aromatic rings. The van der Waals surface area contributed by atoms with E-state index in [1.54, 1.807) is 17.0 Å². The molecular formula is C27H36ClFN4O3. The number of carbonyl (C=O) groups is 2. The van der Waals surface area contributed by atoms with Gasteiger partial charge in [-0.3, -0.25) is 9.48 Å². The Morgan fingerprint density at radius 2 is 2.00 bits per heavy atom. The highest BCUT2D eigenvalue weighted by Gasteiger charge is 2.34. The Morgan fingerprint density at radius 1 is 1.25 bits per heavy atom. The van der Waals surface area contributed by atoms with Crippen LogP contribution in [0.4, 0.5) is 9.18 Å². The smallest absolute Gasteiger partial charge is 0.410 e. The molecule has 2 aliphatic rings. The fourth-order valence-electron chi connectivity index (χ4n) is 5.25. The summed E-state index contributed by atoms with van der Waals surface area (Å²) in [6.07, 6.45) is 2.46. The molecule has 2 atom stereocenters. The van der Waals surface area contributed by atoms with Crippen molar-refractivity contribution in [2.75, 3.05) is 13.1 Å². The van der Waals surface area contributed by atoms with Crippen molar-refractivity contribution in [1.82, 2.24) is 19.6 Å². The van der Waals surface area contributed by atoms with E-state index >= 15 is 0 Å². The summed E-state index contributed by atoms with van der Waals surface area (Å²) in [6.45, 7) is 11.6. The van der Waals surface area contributed by atoms with Gasteiger partial charge in [0, 0.05) is 36.1 Å². The molecule has 7 nitrogen and oxygen atoms in total. The number of carbonyl (C=O) groups excluding carboxylic acids is 2. The third-order valence-electron chi connectivity index (χ3n) is 7.10. The molecule has 0 spiro atoms. The van der Waals surface area contributed by atoms with Gasteiger partial charge in [0.1, 0.15) is 11.4 Å². The lowest BCUT2D eigenvalue weighted by Crippen LogP contribution is -2.47. The molecule has 0 bridgehead atoms. The fourth-order valence-corrected chi connectivity index (χ4v) is 5.41. The molecule has 1 aromatic heterocycles. The Morgan fingerprint density at radius 3 is 2.67 bits per heavy atom. The van der Waals surface area contributed by atoms with Crippen LogP contribution in [0.5, 0.6) is 0 Å². The lowest BCUT2D eigenvalue weighted by molar-refractivity contribution is -0.133. The molecule has 1 fully saturated rings. The molecule has 0 radical (unpaired) electrons. The zero-order chi connectivity index (χ0) is 26.2. The minimum atomic E-state index is -0.527. The normalized spacial score (nSPS) is 20.3. The van der Waals surface area contributed by atoms with Gasteiger partial charge in [-0.05, 0) is 77.5 Å². The highest BCUT2D eigenvalue weighted by Crippen LogP contribution is 2.29. The number of aromatic nitrogens is 2. The van der Waals surface area contributed by atoms with E-state index in [1.807, 2.05) is 44.2 Å². The van der Waals surface area contributed by atoms with Crippen LogP contribution in [0.25, 0.3) is 0 Å². The van der Waals surface area contributed by atoms with Crippen LogP contribution in [-0.2, 0) is 29.0 Å². The van der Waals surface area contributed by atoms with Crippen LogP contribution < -0.4 is 0 Å². The number of benzene rings is 1. The summed E-state index contributed by atoms with van der Waals surface area (Å²) in [5, 5.41) is 5.01. The number of hydrogen-bond donors (Lipinski definition) is 0. The third kappa shape index (κ3) is 6.02. The van der Waals surface area contributed by atoms with Crippen LogP contribution in [0.3, 0.4) is 0 Å². The van der Waals surface area contributed by atoms with Gasteiger partial charge in [-0.2, -0.15) is 5.10 Å². The monoisotopic (exact) mass is 518 g/mol. The van der Waals surface area contributed by atoms with Crippen molar-refractivity contribution in [3.05, 3.63) is 51.6 Å². The molecule has 2 unspecified atom stereocenters. The molecule has 1 saturated heterocycles. The number of rotatable bonds is 4. The van der Waals surface area contributed by atoms with Crippen molar-refractivity contribution in [2.45, 2.75) is 85.0 Å². The Balaban J connectivity index is 1.38. The molecule has 196 valence electrons. The maximum Gasteiger partial charge on any atom is 0.410 e. The summed E-state index contributed by atoms with van der Waals surface area (Å²) in [4.78, 5) is 29.4. The van der Waals surface area contributed by atoms with Gasteiger partial charge in [-0.15, -0.1) is 0 Å². The Labute approximate surface area is 217 Å². The highest BCUT2D eigenvalue weighted by molar-refractivity contribution is 6.30. The largest absolute Gasteiger partial charge is 0.444 e. The van der Waals surface area contributed by atoms with E-state index in [0.717, 1.165) is 36.2 Å². The standard InChI is InChI=1S/C27H36ClFN4O3/c1-17-12-19(8-11-32(17)26(35)36-27(3,4)5)13-25(34)31-10-9-22-18(2)30-33(24(22)16-31)15-20-6-7-21(28)14-23(20)29/h6-7,14,17,19H,8-13,15-16H2,1-5H3. The summed E-state index contributed by atoms with van der Waals surface area (Å²) in [7, 11) is 0. The molecule has 1 aromatic carbocycles. The number of halogens is 2.